The molecule has 2 rings (SSSR count). The second kappa shape index (κ2) is 5.32. The van der Waals surface area contributed by atoms with Gasteiger partial charge in [-0.15, -0.1) is 0 Å². The smallest absolute Gasteiger partial charge is 0.222 e. The monoisotopic (exact) mass is 232 g/mol. The Hall–Kier alpha value is -1.35. The summed E-state index contributed by atoms with van der Waals surface area (Å²) in [5.41, 5.74) is 8.49. The Labute approximate surface area is 103 Å². The van der Waals surface area contributed by atoms with Crippen LogP contribution in [-0.2, 0) is 4.79 Å². The van der Waals surface area contributed by atoms with Crippen molar-refractivity contribution in [1.82, 2.24) is 4.90 Å². The molecule has 3 nitrogen and oxygen atoms in total. The van der Waals surface area contributed by atoms with Gasteiger partial charge in [-0.05, 0) is 25.3 Å². The Morgan fingerprint density at radius 3 is 2.94 bits per heavy atom. The van der Waals surface area contributed by atoms with Crippen molar-refractivity contribution in [1.29, 1.82) is 0 Å². The van der Waals surface area contributed by atoms with Gasteiger partial charge in [0.15, 0.2) is 0 Å². The SMILES string of the molecule is Cc1cccc(C(N)CN2CCCCC2=O)c1. The van der Waals surface area contributed by atoms with E-state index < -0.39 is 0 Å². The van der Waals surface area contributed by atoms with Crippen molar-refractivity contribution in [2.75, 3.05) is 13.1 Å². The predicted octanol–water partition coefficient (Wildman–Crippen LogP) is 2.01. The topological polar surface area (TPSA) is 46.3 Å². The van der Waals surface area contributed by atoms with Gasteiger partial charge in [0.25, 0.3) is 0 Å². The highest BCUT2D eigenvalue weighted by atomic mass is 16.2. The summed E-state index contributed by atoms with van der Waals surface area (Å²) < 4.78 is 0. The molecule has 1 atom stereocenters. The number of hydrogen-bond acceptors (Lipinski definition) is 2. The number of likely N-dealkylation sites (tertiary alicyclic amines) is 1. The fraction of sp³-hybridized carbons (Fsp3) is 0.500. The number of nitrogens with zero attached hydrogens (tertiary/aromatic N) is 1. The van der Waals surface area contributed by atoms with Crippen LogP contribution in [0.25, 0.3) is 0 Å². The Balaban J connectivity index is 2.00. The summed E-state index contributed by atoms with van der Waals surface area (Å²) in [5, 5.41) is 0. The number of amides is 1. The van der Waals surface area contributed by atoms with Crippen molar-refractivity contribution >= 4 is 5.91 Å². The number of nitrogens with two attached hydrogens (primary N) is 1. The maximum Gasteiger partial charge on any atom is 0.222 e. The molecule has 0 saturated carbocycles. The van der Waals surface area contributed by atoms with Crippen LogP contribution in [0.5, 0.6) is 0 Å². The third-order valence-corrected chi connectivity index (χ3v) is 3.31. The minimum absolute atomic E-state index is 0.0723. The standard InChI is InChI=1S/C14H20N2O/c1-11-5-4-6-12(9-11)13(15)10-16-8-3-2-7-14(16)17/h4-6,9,13H,2-3,7-8,10,15H2,1H3. The summed E-state index contributed by atoms with van der Waals surface area (Å²) >= 11 is 0. The van der Waals surface area contributed by atoms with Gasteiger partial charge in [-0.25, -0.2) is 0 Å². The van der Waals surface area contributed by atoms with Crippen LogP contribution in [0.1, 0.15) is 36.4 Å². The molecule has 0 radical (unpaired) electrons. The van der Waals surface area contributed by atoms with Gasteiger partial charge in [-0.1, -0.05) is 29.8 Å². The molecule has 1 aliphatic heterocycles. The molecule has 0 spiro atoms. The maximum atomic E-state index is 11.7. The fourth-order valence-electron chi connectivity index (χ4n) is 2.30. The maximum absolute atomic E-state index is 11.7. The second-order valence-electron chi connectivity index (χ2n) is 4.82. The van der Waals surface area contributed by atoms with Crippen LogP contribution in [-0.4, -0.2) is 23.9 Å². The molecule has 1 aromatic rings. The Bertz CT molecular complexity index is 403. The second-order valence-corrected chi connectivity index (χ2v) is 4.82. The van der Waals surface area contributed by atoms with E-state index in [-0.39, 0.29) is 11.9 Å². The zero-order chi connectivity index (χ0) is 12.3. The first-order valence-corrected chi connectivity index (χ1v) is 6.27. The van der Waals surface area contributed by atoms with E-state index in [4.69, 9.17) is 5.73 Å². The van der Waals surface area contributed by atoms with E-state index in [1.165, 1.54) is 5.56 Å². The van der Waals surface area contributed by atoms with Crippen LogP contribution in [0.3, 0.4) is 0 Å². The third-order valence-electron chi connectivity index (χ3n) is 3.31. The van der Waals surface area contributed by atoms with Crippen LogP contribution >= 0.6 is 0 Å². The number of carbonyl (C=O) groups is 1. The molecule has 1 unspecified atom stereocenters. The summed E-state index contributed by atoms with van der Waals surface area (Å²) in [4.78, 5) is 13.6. The van der Waals surface area contributed by atoms with Crippen molar-refractivity contribution in [3.05, 3.63) is 35.4 Å². The normalized spacial score (nSPS) is 18.2. The number of carbonyl (C=O) groups excluding carboxylic acids is 1. The lowest BCUT2D eigenvalue weighted by molar-refractivity contribution is -0.133. The third kappa shape index (κ3) is 3.07. The van der Waals surface area contributed by atoms with Crippen LogP contribution in [0.2, 0.25) is 0 Å². The molecular weight excluding hydrogens is 212 g/mol. The lowest BCUT2D eigenvalue weighted by Gasteiger charge is -2.29. The molecule has 1 amide bonds. The van der Waals surface area contributed by atoms with E-state index in [1.807, 2.05) is 17.0 Å². The molecule has 3 heteroatoms. The average molecular weight is 232 g/mol. The van der Waals surface area contributed by atoms with Crippen LogP contribution in [0.4, 0.5) is 0 Å². The Kier molecular flexibility index (Phi) is 3.79. The van der Waals surface area contributed by atoms with E-state index in [0.717, 1.165) is 24.9 Å². The number of benzene rings is 1. The lowest BCUT2D eigenvalue weighted by atomic mass is 10.0. The highest BCUT2D eigenvalue weighted by Crippen LogP contribution is 2.17. The van der Waals surface area contributed by atoms with Gasteiger partial charge in [0.2, 0.25) is 5.91 Å². The summed E-state index contributed by atoms with van der Waals surface area (Å²) in [6.45, 7) is 3.56. The zero-order valence-electron chi connectivity index (χ0n) is 10.4. The number of piperidine rings is 1. The first-order chi connectivity index (χ1) is 8.16. The van der Waals surface area contributed by atoms with Gasteiger partial charge in [0, 0.05) is 25.6 Å². The highest BCUT2D eigenvalue weighted by Gasteiger charge is 2.20. The number of aryl methyl sites for hydroxylation is 1. The quantitative estimate of drug-likeness (QED) is 0.866. The number of rotatable bonds is 3. The molecule has 17 heavy (non-hydrogen) atoms. The van der Waals surface area contributed by atoms with Crippen molar-refractivity contribution in [3.63, 3.8) is 0 Å². The molecule has 0 aromatic heterocycles. The summed E-state index contributed by atoms with van der Waals surface area (Å²) in [6, 6.07) is 8.13. The molecular formula is C14H20N2O. The first-order valence-electron chi connectivity index (χ1n) is 6.27. The average Bonchev–Trinajstić information content (AvgIpc) is 2.32. The summed E-state index contributed by atoms with van der Waals surface area (Å²) in [7, 11) is 0. The van der Waals surface area contributed by atoms with Crippen molar-refractivity contribution in [2.45, 2.75) is 32.2 Å². The molecule has 1 aliphatic rings. The zero-order valence-corrected chi connectivity index (χ0v) is 10.4. The minimum Gasteiger partial charge on any atom is -0.341 e. The Morgan fingerprint density at radius 2 is 2.24 bits per heavy atom. The van der Waals surface area contributed by atoms with Crippen LogP contribution < -0.4 is 5.73 Å². The van der Waals surface area contributed by atoms with E-state index in [0.29, 0.717) is 13.0 Å². The largest absolute Gasteiger partial charge is 0.341 e. The van der Waals surface area contributed by atoms with Crippen LogP contribution in [0.15, 0.2) is 24.3 Å². The van der Waals surface area contributed by atoms with Gasteiger partial charge in [0.05, 0.1) is 0 Å². The molecule has 1 fully saturated rings. The van der Waals surface area contributed by atoms with Crippen molar-refractivity contribution in [3.8, 4) is 0 Å². The summed E-state index contributed by atoms with van der Waals surface area (Å²) in [5.74, 6) is 0.249. The van der Waals surface area contributed by atoms with E-state index in [2.05, 4.69) is 19.1 Å². The lowest BCUT2D eigenvalue weighted by Crippen LogP contribution is -2.40. The minimum atomic E-state index is -0.0723. The molecule has 0 bridgehead atoms. The van der Waals surface area contributed by atoms with Gasteiger partial charge in [0.1, 0.15) is 0 Å². The van der Waals surface area contributed by atoms with E-state index >= 15 is 0 Å². The molecule has 1 heterocycles. The van der Waals surface area contributed by atoms with Crippen molar-refractivity contribution in [2.24, 2.45) is 5.73 Å². The summed E-state index contributed by atoms with van der Waals surface area (Å²) in [6.07, 6.45) is 2.81. The van der Waals surface area contributed by atoms with Gasteiger partial charge < -0.3 is 10.6 Å². The van der Waals surface area contributed by atoms with Gasteiger partial charge in [-0.3, -0.25) is 4.79 Å². The molecule has 1 aromatic carbocycles. The number of hydrogen-bond donors (Lipinski definition) is 1. The van der Waals surface area contributed by atoms with E-state index in [9.17, 15) is 4.79 Å². The Morgan fingerprint density at radius 1 is 1.41 bits per heavy atom. The highest BCUT2D eigenvalue weighted by molar-refractivity contribution is 5.76. The molecule has 2 N–H and O–H groups in total. The fourth-order valence-corrected chi connectivity index (χ4v) is 2.30. The van der Waals surface area contributed by atoms with Gasteiger partial charge in [-0.2, -0.15) is 0 Å². The van der Waals surface area contributed by atoms with Crippen molar-refractivity contribution < 1.29 is 4.79 Å². The molecule has 1 saturated heterocycles. The van der Waals surface area contributed by atoms with E-state index in [1.54, 1.807) is 0 Å². The molecule has 92 valence electrons. The first kappa shape index (κ1) is 12.1. The molecule has 0 aliphatic carbocycles. The van der Waals surface area contributed by atoms with Crippen LogP contribution in [0, 0.1) is 6.92 Å². The van der Waals surface area contributed by atoms with Gasteiger partial charge >= 0.3 is 0 Å². The predicted molar refractivity (Wildman–Crippen MR) is 68.5 cm³/mol.